The molecule has 0 aliphatic rings. The van der Waals surface area contributed by atoms with Gasteiger partial charge >= 0.3 is 11.8 Å². The minimum Gasteiger partial charge on any atom is -0.485 e. The van der Waals surface area contributed by atoms with E-state index in [2.05, 4.69) is 20.4 Å². The van der Waals surface area contributed by atoms with Crippen molar-refractivity contribution in [2.75, 3.05) is 0 Å². The zero-order chi connectivity index (χ0) is 18.4. The molecule has 2 amide bonds. The molecule has 2 aromatic heterocycles. The Bertz CT molecular complexity index is 910. The molecule has 3 rings (SSSR count). The lowest BCUT2D eigenvalue weighted by Crippen LogP contribution is -2.23. The van der Waals surface area contributed by atoms with Crippen LogP contribution in [0.1, 0.15) is 32.6 Å². The zero-order valence-electron chi connectivity index (χ0n) is 13.6. The monoisotopic (exact) mass is 353 g/mol. The molecule has 3 aromatic rings. The van der Waals surface area contributed by atoms with Crippen molar-refractivity contribution in [2.45, 2.75) is 13.2 Å². The summed E-state index contributed by atoms with van der Waals surface area (Å²) in [6, 6.07) is 11.9. The molecule has 2 heterocycles. The SMILES string of the molecule is NC(=O)c1ccccc1OCc1noc(C(=O)NCc2ccccn2)n1. The van der Waals surface area contributed by atoms with E-state index in [9.17, 15) is 9.59 Å². The lowest BCUT2D eigenvalue weighted by atomic mass is 10.2. The van der Waals surface area contributed by atoms with Gasteiger partial charge in [0.1, 0.15) is 5.75 Å². The third-order valence-electron chi connectivity index (χ3n) is 3.33. The Morgan fingerprint density at radius 2 is 1.96 bits per heavy atom. The number of benzene rings is 1. The van der Waals surface area contributed by atoms with Crippen LogP contribution in [-0.2, 0) is 13.2 Å². The predicted molar refractivity (Wildman–Crippen MR) is 89.0 cm³/mol. The van der Waals surface area contributed by atoms with E-state index >= 15 is 0 Å². The quantitative estimate of drug-likeness (QED) is 0.649. The Morgan fingerprint density at radius 1 is 1.15 bits per heavy atom. The number of rotatable bonds is 7. The van der Waals surface area contributed by atoms with Gasteiger partial charge in [0.2, 0.25) is 5.82 Å². The Labute approximate surface area is 148 Å². The van der Waals surface area contributed by atoms with Gasteiger partial charge in [-0.2, -0.15) is 4.98 Å². The molecule has 0 saturated heterocycles. The van der Waals surface area contributed by atoms with Crippen LogP contribution >= 0.6 is 0 Å². The number of carbonyl (C=O) groups excluding carboxylic acids is 2. The maximum absolute atomic E-state index is 12.0. The van der Waals surface area contributed by atoms with Crippen molar-refractivity contribution < 1.29 is 18.8 Å². The number of amides is 2. The molecule has 3 N–H and O–H groups in total. The zero-order valence-corrected chi connectivity index (χ0v) is 13.6. The first-order valence-electron chi connectivity index (χ1n) is 7.66. The number of pyridine rings is 1. The van der Waals surface area contributed by atoms with Gasteiger partial charge in [-0.1, -0.05) is 23.4 Å². The number of ether oxygens (including phenoxy) is 1. The van der Waals surface area contributed by atoms with Gasteiger partial charge < -0.3 is 20.3 Å². The van der Waals surface area contributed by atoms with Gasteiger partial charge in [0.25, 0.3) is 5.91 Å². The topological polar surface area (TPSA) is 133 Å². The molecule has 0 spiro atoms. The summed E-state index contributed by atoms with van der Waals surface area (Å²) in [5.74, 6) is -0.865. The first-order valence-corrected chi connectivity index (χ1v) is 7.66. The smallest absolute Gasteiger partial charge is 0.316 e. The van der Waals surface area contributed by atoms with E-state index in [-0.39, 0.29) is 30.4 Å². The molecule has 9 heteroatoms. The van der Waals surface area contributed by atoms with Crippen molar-refractivity contribution >= 4 is 11.8 Å². The number of primary amides is 1. The van der Waals surface area contributed by atoms with Gasteiger partial charge in [-0.05, 0) is 24.3 Å². The molecule has 0 saturated carbocycles. The third-order valence-corrected chi connectivity index (χ3v) is 3.33. The Hall–Kier alpha value is -3.75. The summed E-state index contributed by atoms with van der Waals surface area (Å²) < 4.78 is 10.4. The standard InChI is InChI=1S/C17H15N5O4/c18-15(23)12-6-1-2-7-13(12)25-10-14-21-17(26-22-14)16(24)20-9-11-5-3-4-8-19-11/h1-8H,9-10H2,(H2,18,23)(H,20,24). The molecule has 26 heavy (non-hydrogen) atoms. The van der Waals surface area contributed by atoms with E-state index in [0.29, 0.717) is 11.4 Å². The van der Waals surface area contributed by atoms with Crippen LogP contribution in [0.5, 0.6) is 5.75 Å². The highest BCUT2D eigenvalue weighted by Crippen LogP contribution is 2.18. The van der Waals surface area contributed by atoms with Crippen LogP contribution in [0.2, 0.25) is 0 Å². The summed E-state index contributed by atoms with van der Waals surface area (Å²) in [7, 11) is 0. The van der Waals surface area contributed by atoms with Gasteiger partial charge in [0.15, 0.2) is 6.61 Å². The van der Waals surface area contributed by atoms with Crippen molar-refractivity contribution in [3.05, 3.63) is 71.6 Å². The molecular weight excluding hydrogens is 338 g/mol. The third kappa shape index (κ3) is 4.20. The molecule has 0 fully saturated rings. The minimum atomic E-state index is -0.608. The average Bonchev–Trinajstić information content (AvgIpc) is 3.14. The Kier molecular flexibility index (Phi) is 5.18. The molecule has 1 aromatic carbocycles. The molecule has 0 aliphatic carbocycles. The van der Waals surface area contributed by atoms with Crippen LogP contribution in [0.4, 0.5) is 0 Å². The Morgan fingerprint density at radius 3 is 2.73 bits per heavy atom. The number of carbonyl (C=O) groups is 2. The van der Waals surface area contributed by atoms with Crippen molar-refractivity contribution in [1.82, 2.24) is 20.4 Å². The highest BCUT2D eigenvalue weighted by Gasteiger charge is 2.16. The van der Waals surface area contributed by atoms with Crippen molar-refractivity contribution in [3.63, 3.8) is 0 Å². The fourth-order valence-electron chi connectivity index (χ4n) is 2.09. The molecule has 0 radical (unpaired) electrons. The van der Waals surface area contributed by atoms with Gasteiger partial charge in [0, 0.05) is 6.20 Å². The van der Waals surface area contributed by atoms with E-state index < -0.39 is 11.8 Å². The number of nitrogens with zero attached hydrogens (tertiary/aromatic N) is 3. The fourth-order valence-corrected chi connectivity index (χ4v) is 2.09. The van der Waals surface area contributed by atoms with Gasteiger partial charge in [-0.3, -0.25) is 14.6 Å². The maximum atomic E-state index is 12.0. The van der Waals surface area contributed by atoms with Crippen LogP contribution in [0.15, 0.2) is 53.2 Å². The van der Waals surface area contributed by atoms with Crippen LogP contribution in [0.25, 0.3) is 0 Å². The van der Waals surface area contributed by atoms with E-state index in [1.165, 1.54) is 0 Å². The summed E-state index contributed by atoms with van der Waals surface area (Å²) >= 11 is 0. The number of hydrogen-bond acceptors (Lipinski definition) is 7. The number of nitrogens with one attached hydrogen (secondary N) is 1. The molecular formula is C17H15N5O4. The first-order chi connectivity index (χ1) is 12.6. The maximum Gasteiger partial charge on any atom is 0.316 e. The minimum absolute atomic E-state index is 0.0820. The van der Waals surface area contributed by atoms with Gasteiger partial charge in [-0.25, -0.2) is 0 Å². The molecule has 132 valence electrons. The van der Waals surface area contributed by atoms with Crippen LogP contribution < -0.4 is 15.8 Å². The second kappa shape index (κ2) is 7.88. The van der Waals surface area contributed by atoms with Crippen LogP contribution in [0.3, 0.4) is 0 Å². The number of hydrogen-bond donors (Lipinski definition) is 2. The summed E-state index contributed by atoms with van der Waals surface area (Å²) in [6.07, 6.45) is 1.63. The molecule has 0 bridgehead atoms. The number of aromatic nitrogens is 3. The average molecular weight is 353 g/mol. The fraction of sp³-hybridized carbons (Fsp3) is 0.118. The molecule has 0 unspecified atom stereocenters. The van der Waals surface area contributed by atoms with E-state index in [4.69, 9.17) is 15.0 Å². The van der Waals surface area contributed by atoms with E-state index in [1.807, 2.05) is 6.07 Å². The van der Waals surface area contributed by atoms with Crippen LogP contribution in [0, 0.1) is 0 Å². The Balaban J connectivity index is 1.58. The second-order valence-electron chi connectivity index (χ2n) is 5.17. The molecule has 0 aliphatic heterocycles. The lowest BCUT2D eigenvalue weighted by Gasteiger charge is -2.06. The number of para-hydroxylation sites is 1. The van der Waals surface area contributed by atoms with Crippen molar-refractivity contribution in [2.24, 2.45) is 5.73 Å². The normalized spacial score (nSPS) is 10.3. The van der Waals surface area contributed by atoms with E-state index in [0.717, 1.165) is 0 Å². The molecule has 9 nitrogen and oxygen atoms in total. The summed E-state index contributed by atoms with van der Waals surface area (Å²) in [4.78, 5) is 31.4. The van der Waals surface area contributed by atoms with Gasteiger partial charge in [0.05, 0.1) is 17.8 Å². The summed E-state index contributed by atoms with van der Waals surface area (Å²) in [5, 5.41) is 6.30. The molecule has 0 atom stereocenters. The summed E-state index contributed by atoms with van der Waals surface area (Å²) in [5.41, 5.74) is 6.22. The van der Waals surface area contributed by atoms with Crippen molar-refractivity contribution in [1.29, 1.82) is 0 Å². The highest BCUT2D eigenvalue weighted by atomic mass is 16.5. The van der Waals surface area contributed by atoms with Gasteiger partial charge in [-0.15, -0.1) is 0 Å². The van der Waals surface area contributed by atoms with Crippen molar-refractivity contribution in [3.8, 4) is 5.75 Å². The van der Waals surface area contributed by atoms with E-state index in [1.54, 1.807) is 42.6 Å². The second-order valence-corrected chi connectivity index (χ2v) is 5.17. The highest BCUT2D eigenvalue weighted by molar-refractivity contribution is 5.95. The first kappa shape index (κ1) is 17.1. The largest absolute Gasteiger partial charge is 0.485 e. The summed E-state index contributed by atoms with van der Waals surface area (Å²) in [6.45, 7) is 0.154. The number of nitrogens with two attached hydrogens (primary N) is 1. The predicted octanol–water partition coefficient (Wildman–Crippen LogP) is 1.07. The lowest BCUT2D eigenvalue weighted by molar-refractivity contribution is 0.0905. The van der Waals surface area contributed by atoms with Crippen LogP contribution in [-0.4, -0.2) is 26.9 Å².